The summed E-state index contributed by atoms with van der Waals surface area (Å²) in [4.78, 5) is 14.3. The van der Waals surface area contributed by atoms with E-state index in [4.69, 9.17) is 4.42 Å². The molecule has 0 saturated carbocycles. The zero-order valence-corrected chi connectivity index (χ0v) is 7.59. The van der Waals surface area contributed by atoms with Gasteiger partial charge in [-0.05, 0) is 0 Å². The molecule has 0 fully saturated rings. The number of aromatic nitrogens is 1. The maximum absolute atomic E-state index is 11.7. The number of amides is 1. The molecule has 6 heteroatoms. The van der Waals surface area contributed by atoms with Crippen LogP contribution >= 0.6 is 0 Å². The zero-order valence-electron chi connectivity index (χ0n) is 7.59. The van der Waals surface area contributed by atoms with Gasteiger partial charge in [0.25, 0.3) is 5.91 Å². The molecule has 1 N–H and O–H groups in total. The molecule has 1 heterocycles. The second-order valence-electron chi connectivity index (χ2n) is 2.59. The Balaban J connectivity index is 2.41. The average Bonchev–Trinajstić information content (AvgIpc) is 2.61. The van der Waals surface area contributed by atoms with Gasteiger partial charge in [-0.1, -0.05) is 6.92 Å². The van der Waals surface area contributed by atoms with Gasteiger partial charge in [0.1, 0.15) is 5.76 Å². The summed E-state index contributed by atoms with van der Waals surface area (Å²) in [6, 6.07) is 0. The van der Waals surface area contributed by atoms with Crippen LogP contribution in [0.2, 0.25) is 0 Å². The number of aryl methyl sites for hydroxylation is 1. The van der Waals surface area contributed by atoms with Crippen molar-refractivity contribution in [1.29, 1.82) is 0 Å². The molecule has 4 nitrogen and oxygen atoms in total. The third-order valence-corrected chi connectivity index (χ3v) is 1.56. The summed E-state index contributed by atoms with van der Waals surface area (Å²) in [5, 5.41) is 1.99. The highest BCUT2D eigenvalue weighted by Gasteiger charge is 2.15. The van der Waals surface area contributed by atoms with Crippen molar-refractivity contribution in [3.63, 3.8) is 0 Å². The quantitative estimate of drug-likeness (QED) is 0.799. The largest absolute Gasteiger partial charge is 0.444 e. The van der Waals surface area contributed by atoms with E-state index < -0.39 is 12.3 Å². The number of carbonyl (C=O) groups excluding carboxylic acids is 1. The Hall–Kier alpha value is -1.46. The lowest BCUT2D eigenvalue weighted by atomic mass is 10.4. The van der Waals surface area contributed by atoms with Crippen LogP contribution in [0.1, 0.15) is 18.6 Å². The van der Waals surface area contributed by atoms with E-state index >= 15 is 0 Å². The summed E-state index contributed by atoms with van der Waals surface area (Å²) in [7, 11) is 0. The Kier molecular flexibility index (Phi) is 3.55. The number of rotatable bonds is 4. The van der Waals surface area contributed by atoms with Gasteiger partial charge in [0, 0.05) is 6.42 Å². The van der Waals surface area contributed by atoms with E-state index in [1.807, 2.05) is 12.2 Å². The first-order valence-corrected chi connectivity index (χ1v) is 4.13. The summed E-state index contributed by atoms with van der Waals surface area (Å²) < 4.78 is 28.6. The maximum Gasteiger partial charge on any atom is 0.315 e. The number of hydrogen-bond acceptors (Lipinski definition) is 3. The molecule has 78 valence electrons. The Bertz CT molecular complexity index is 312. The first-order valence-electron chi connectivity index (χ1n) is 4.13. The van der Waals surface area contributed by atoms with Crippen molar-refractivity contribution in [2.45, 2.75) is 26.3 Å². The second kappa shape index (κ2) is 4.69. The normalized spacial score (nSPS) is 10.6. The Morgan fingerprint density at radius 2 is 2.43 bits per heavy atom. The van der Waals surface area contributed by atoms with Crippen molar-refractivity contribution in [1.82, 2.24) is 10.3 Å². The highest BCUT2D eigenvalue weighted by atomic mass is 19.3. The highest BCUT2D eigenvalue weighted by Crippen LogP contribution is 2.03. The minimum atomic E-state index is -3.00. The van der Waals surface area contributed by atoms with Crippen LogP contribution in [-0.4, -0.2) is 17.3 Å². The number of halogens is 2. The van der Waals surface area contributed by atoms with E-state index in [0.717, 1.165) is 0 Å². The van der Waals surface area contributed by atoms with Gasteiger partial charge in [-0.2, -0.15) is 8.78 Å². The van der Waals surface area contributed by atoms with E-state index in [0.29, 0.717) is 12.2 Å². The molecule has 0 aliphatic heterocycles. The van der Waals surface area contributed by atoms with Gasteiger partial charge < -0.3 is 9.73 Å². The van der Waals surface area contributed by atoms with Crippen LogP contribution < -0.4 is 5.32 Å². The number of oxazole rings is 1. The number of carbonyl (C=O) groups is 1. The standard InChI is InChI=1S/C8H10F2N2O2/c1-2-5-3-11-6(14-5)4-12-8(13)7(9)10/h3,7H,2,4H2,1H3,(H,12,13). The molecule has 0 bridgehead atoms. The lowest BCUT2D eigenvalue weighted by molar-refractivity contribution is -0.132. The van der Waals surface area contributed by atoms with E-state index in [-0.39, 0.29) is 12.4 Å². The maximum atomic E-state index is 11.7. The van der Waals surface area contributed by atoms with Crippen LogP contribution in [0.3, 0.4) is 0 Å². The van der Waals surface area contributed by atoms with Gasteiger partial charge in [-0.25, -0.2) is 4.98 Å². The predicted molar refractivity (Wildman–Crippen MR) is 43.7 cm³/mol. The van der Waals surface area contributed by atoms with E-state index in [1.165, 1.54) is 6.20 Å². The third kappa shape index (κ3) is 2.79. The van der Waals surface area contributed by atoms with Gasteiger partial charge in [0.15, 0.2) is 0 Å². The first-order chi connectivity index (χ1) is 6.63. The number of alkyl halides is 2. The summed E-state index contributed by atoms with van der Waals surface area (Å²) >= 11 is 0. The molecule has 1 aromatic rings. The lowest BCUT2D eigenvalue weighted by Gasteiger charge is -1.99. The van der Waals surface area contributed by atoms with Crippen molar-refractivity contribution in [2.24, 2.45) is 0 Å². The fourth-order valence-electron chi connectivity index (χ4n) is 0.833. The molecule has 1 amide bonds. The fraction of sp³-hybridized carbons (Fsp3) is 0.500. The summed E-state index contributed by atoms with van der Waals surface area (Å²) in [6.45, 7) is 1.77. The van der Waals surface area contributed by atoms with Gasteiger partial charge >= 0.3 is 6.43 Å². The smallest absolute Gasteiger partial charge is 0.315 e. The zero-order chi connectivity index (χ0) is 10.6. The number of nitrogens with one attached hydrogen (secondary N) is 1. The van der Waals surface area contributed by atoms with Crippen molar-refractivity contribution >= 4 is 5.91 Å². The number of hydrogen-bond donors (Lipinski definition) is 1. The van der Waals surface area contributed by atoms with Gasteiger partial charge in [-0.15, -0.1) is 0 Å². The van der Waals surface area contributed by atoms with E-state index in [9.17, 15) is 13.6 Å². The van der Waals surface area contributed by atoms with Crippen molar-refractivity contribution in [3.05, 3.63) is 17.8 Å². The Morgan fingerprint density at radius 3 is 2.93 bits per heavy atom. The van der Waals surface area contributed by atoms with Crippen LogP contribution in [0.25, 0.3) is 0 Å². The first kappa shape index (κ1) is 10.6. The molecule has 14 heavy (non-hydrogen) atoms. The summed E-state index contributed by atoms with van der Waals surface area (Å²) in [6.07, 6.45) is -0.824. The van der Waals surface area contributed by atoms with Gasteiger partial charge in [0.2, 0.25) is 5.89 Å². The molecule has 1 aromatic heterocycles. The third-order valence-electron chi connectivity index (χ3n) is 1.56. The van der Waals surface area contributed by atoms with Crippen molar-refractivity contribution in [3.8, 4) is 0 Å². The highest BCUT2D eigenvalue weighted by molar-refractivity contribution is 5.78. The van der Waals surface area contributed by atoms with Crippen LogP contribution in [0, 0.1) is 0 Å². The molecular formula is C8H10F2N2O2. The van der Waals surface area contributed by atoms with Crippen LogP contribution in [0.15, 0.2) is 10.6 Å². The predicted octanol–water partition coefficient (Wildman–Crippen LogP) is 1.12. The van der Waals surface area contributed by atoms with Crippen molar-refractivity contribution < 1.29 is 18.0 Å². The minimum absolute atomic E-state index is 0.108. The van der Waals surface area contributed by atoms with E-state index in [2.05, 4.69) is 4.98 Å². The van der Waals surface area contributed by atoms with Gasteiger partial charge in [-0.3, -0.25) is 4.79 Å². The molecule has 0 aliphatic rings. The summed E-state index contributed by atoms with van der Waals surface area (Å²) in [5.74, 6) is -0.427. The molecule has 1 rings (SSSR count). The average molecular weight is 204 g/mol. The summed E-state index contributed by atoms with van der Waals surface area (Å²) in [5.41, 5.74) is 0. The van der Waals surface area contributed by atoms with Crippen LogP contribution in [0.5, 0.6) is 0 Å². The Morgan fingerprint density at radius 1 is 1.71 bits per heavy atom. The number of nitrogens with zero attached hydrogens (tertiary/aromatic N) is 1. The van der Waals surface area contributed by atoms with E-state index in [1.54, 1.807) is 0 Å². The molecule has 0 aliphatic carbocycles. The molecule has 0 radical (unpaired) electrons. The van der Waals surface area contributed by atoms with Crippen LogP contribution in [0.4, 0.5) is 8.78 Å². The molecule has 0 aromatic carbocycles. The molecule has 0 saturated heterocycles. The van der Waals surface area contributed by atoms with Crippen molar-refractivity contribution in [2.75, 3.05) is 0 Å². The minimum Gasteiger partial charge on any atom is -0.444 e. The molecule has 0 spiro atoms. The Labute approximate surface area is 79.3 Å². The van der Waals surface area contributed by atoms with Gasteiger partial charge in [0.05, 0.1) is 12.7 Å². The lowest BCUT2D eigenvalue weighted by Crippen LogP contribution is -2.28. The monoisotopic (exact) mass is 204 g/mol. The fourth-order valence-corrected chi connectivity index (χ4v) is 0.833. The molecule has 0 unspecified atom stereocenters. The SMILES string of the molecule is CCc1cnc(CNC(=O)C(F)F)o1. The molecular weight excluding hydrogens is 194 g/mol. The molecule has 0 atom stereocenters. The van der Waals surface area contributed by atoms with Crippen LogP contribution in [-0.2, 0) is 17.8 Å². The topological polar surface area (TPSA) is 55.1 Å². The second-order valence-corrected chi connectivity index (χ2v) is 2.59.